The van der Waals surface area contributed by atoms with E-state index in [0.29, 0.717) is 22.4 Å². The van der Waals surface area contributed by atoms with Crippen LogP contribution in [0.15, 0.2) is 54.6 Å². The number of aromatic carboxylic acids is 1. The van der Waals surface area contributed by atoms with Crippen molar-refractivity contribution >= 4 is 23.5 Å². The molecule has 0 aliphatic heterocycles. The molecule has 2 N–H and O–H groups in total. The molecular formula is C24H18ClF3O6. The number of phenols is 1. The number of alkyl halides is 3. The predicted molar refractivity (Wildman–Crippen MR) is 117 cm³/mol. The normalized spacial score (nSPS) is 11.2. The molecule has 0 atom stereocenters. The standard InChI is InChI=1S/C24H18ClF3O6/c1-33-20(29)11-15-3-2-14(10-19(15)25)13-4-7-17(8-5-13)34-12-16-6-9-18(24(26,27)28)22(30)21(16)23(31)32/h2-10,30H,11-12H2,1H3,(H,31,32). The highest BCUT2D eigenvalue weighted by Crippen LogP contribution is 2.39. The van der Waals surface area contributed by atoms with Gasteiger partial charge in [-0.05, 0) is 41.0 Å². The topological polar surface area (TPSA) is 93.1 Å². The minimum atomic E-state index is -4.90. The van der Waals surface area contributed by atoms with Gasteiger partial charge in [0.2, 0.25) is 0 Å². The second-order valence-electron chi connectivity index (χ2n) is 7.17. The third kappa shape index (κ3) is 5.60. The van der Waals surface area contributed by atoms with Crippen molar-refractivity contribution in [2.75, 3.05) is 7.11 Å². The Labute approximate surface area is 197 Å². The summed E-state index contributed by atoms with van der Waals surface area (Å²) in [6.07, 6.45) is -4.86. The Morgan fingerprint density at radius 2 is 1.59 bits per heavy atom. The largest absolute Gasteiger partial charge is 0.506 e. The molecule has 10 heteroatoms. The number of hydrogen-bond donors (Lipinski definition) is 2. The maximum Gasteiger partial charge on any atom is 0.419 e. The number of esters is 1. The van der Waals surface area contributed by atoms with Crippen LogP contribution in [0.25, 0.3) is 11.1 Å². The molecule has 0 saturated carbocycles. The van der Waals surface area contributed by atoms with Gasteiger partial charge in [-0.2, -0.15) is 13.2 Å². The van der Waals surface area contributed by atoms with Gasteiger partial charge in [-0.3, -0.25) is 4.79 Å². The van der Waals surface area contributed by atoms with Gasteiger partial charge in [0.25, 0.3) is 0 Å². The van der Waals surface area contributed by atoms with Gasteiger partial charge in [0, 0.05) is 10.6 Å². The fourth-order valence-electron chi connectivity index (χ4n) is 3.22. The van der Waals surface area contributed by atoms with Crippen LogP contribution in [-0.2, 0) is 28.7 Å². The highest BCUT2D eigenvalue weighted by molar-refractivity contribution is 6.31. The van der Waals surface area contributed by atoms with Gasteiger partial charge in [-0.1, -0.05) is 41.9 Å². The quantitative estimate of drug-likeness (QED) is 0.408. The number of ether oxygens (including phenoxy) is 2. The Morgan fingerprint density at radius 1 is 0.971 bits per heavy atom. The maximum absolute atomic E-state index is 13.0. The van der Waals surface area contributed by atoms with Crippen molar-refractivity contribution in [2.24, 2.45) is 0 Å². The summed E-state index contributed by atoms with van der Waals surface area (Å²) in [5.74, 6) is -3.15. The first-order chi connectivity index (χ1) is 16.0. The summed E-state index contributed by atoms with van der Waals surface area (Å²) < 4.78 is 49.0. The Bertz CT molecular complexity index is 1220. The molecule has 0 unspecified atom stereocenters. The van der Waals surface area contributed by atoms with E-state index < -0.39 is 35.0 Å². The monoisotopic (exact) mass is 494 g/mol. The van der Waals surface area contributed by atoms with E-state index in [0.717, 1.165) is 17.2 Å². The van der Waals surface area contributed by atoms with Crippen molar-refractivity contribution in [3.63, 3.8) is 0 Å². The van der Waals surface area contributed by atoms with E-state index in [1.54, 1.807) is 42.5 Å². The molecule has 3 rings (SSSR count). The maximum atomic E-state index is 13.0. The molecule has 0 aromatic heterocycles. The summed E-state index contributed by atoms with van der Waals surface area (Å²) >= 11 is 6.25. The number of carboxylic acid groups (broad SMARTS) is 1. The fraction of sp³-hybridized carbons (Fsp3) is 0.167. The Morgan fingerprint density at radius 3 is 2.15 bits per heavy atom. The van der Waals surface area contributed by atoms with Crippen molar-refractivity contribution in [3.05, 3.63) is 81.9 Å². The molecule has 3 aromatic carbocycles. The molecule has 0 heterocycles. The number of benzene rings is 3. The highest BCUT2D eigenvalue weighted by Gasteiger charge is 2.36. The molecule has 0 amide bonds. The summed E-state index contributed by atoms with van der Waals surface area (Å²) in [5, 5.41) is 19.5. The first kappa shape index (κ1) is 24.9. The molecule has 3 aromatic rings. The lowest BCUT2D eigenvalue weighted by molar-refractivity contribution is -0.140. The average molecular weight is 495 g/mol. The van der Waals surface area contributed by atoms with E-state index in [4.69, 9.17) is 16.3 Å². The van der Waals surface area contributed by atoms with Crippen molar-refractivity contribution < 1.29 is 42.4 Å². The van der Waals surface area contributed by atoms with Gasteiger partial charge >= 0.3 is 18.1 Å². The summed E-state index contributed by atoms with van der Waals surface area (Å²) in [6, 6.07) is 13.4. The first-order valence-electron chi connectivity index (χ1n) is 9.75. The van der Waals surface area contributed by atoms with Crippen LogP contribution in [0.3, 0.4) is 0 Å². The van der Waals surface area contributed by atoms with E-state index in [2.05, 4.69) is 4.74 Å². The van der Waals surface area contributed by atoms with Gasteiger partial charge in [0.1, 0.15) is 23.7 Å². The fourth-order valence-corrected chi connectivity index (χ4v) is 3.47. The number of carbonyl (C=O) groups is 2. The second-order valence-corrected chi connectivity index (χ2v) is 7.58. The third-order valence-electron chi connectivity index (χ3n) is 4.98. The van der Waals surface area contributed by atoms with E-state index in [9.17, 15) is 33.0 Å². The molecule has 0 bridgehead atoms. The molecule has 34 heavy (non-hydrogen) atoms. The van der Waals surface area contributed by atoms with Gasteiger partial charge in [-0.15, -0.1) is 0 Å². The molecule has 0 aliphatic carbocycles. The minimum absolute atomic E-state index is 0.0419. The number of hydrogen-bond acceptors (Lipinski definition) is 5. The van der Waals surface area contributed by atoms with Crippen molar-refractivity contribution in [1.82, 2.24) is 0 Å². The van der Waals surface area contributed by atoms with Crippen LogP contribution in [0.5, 0.6) is 11.5 Å². The van der Waals surface area contributed by atoms with Crippen LogP contribution in [0, 0.1) is 0 Å². The Hall–Kier alpha value is -3.72. The van der Waals surface area contributed by atoms with E-state index in [1.165, 1.54) is 7.11 Å². The Balaban J connectivity index is 1.76. The van der Waals surface area contributed by atoms with Gasteiger partial charge < -0.3 is 19.7 Å². The van der Waals surface area contributed by atoms with Crippen LogP contribution < -0.4 is 4.74 Å². The van der Waals surface area contributed by atoms with Gasteiger partial charge in [-0.25, -0.2) is 4.79 Å². The molecule has 6 nitrogen and oxygen atoms in total. The van der Waals surface area contributed by atoms with E-state index in [1.807, 2.05) is 0 Å². The van der Waals surface area contributed by atoms with Crippen LogP contribution >= 0.6 is 11.6 Å². The highest BCUT2D eigenvalue weighted by atomic mass is 35.5. The van der Waals surface area contributed by atoms with Crippen LogP contribution in [-0.4, -0.2) is 29.3 Å². The number of aromatic hydroxyl groups is 1. The lowest BCUT2D eigenvalue weighted by atomic mass is 10.0. The number of carbonyl (C=O) groups excluding carboxylic acids is 1. The zero-order chi connectivity index (χ0) is 25.0. The summed E-state index contributed by atoms with van der Waals surface area (Å²) in [5.41, 5.74) is -0.257. The zero-order valence-electron chi connectivity index (χ0n) is 17.6. The number of carboxylic acids is 1. The van der Waals surface area contributed by atoms with Crippen molar-refractivity contribution in [2.45, 2.75) is 19.2 Å². The lowest BCUT2D eigenvalue weighted by Gasteiger charge is -2.15. The Kier molecular flexibility index (Phi) is 7.36. The van der Waals surface area contributed by atoms with E-state index in [-0.39, 0.29) is 18.6 Å². The second kappa shape index (κ2) is 10.0. The molecule has 0 aliphatic rings. The average Bonchev–Trinajstić information content (AvgIpc) is 2.78. The van der Waals surface area contributed by atoms with Crippen LogP contribution in [0.1, 0.15) is 27.0 Å². The van der Waals surface area contributed by atoms with E-state index >= 15 is 0 Å². The lowest BCUT2D eigenvalue weighted by Crippen LogP contribution is -2.12. The zero-order valence-corrected chi connectivity index (χ0v) is 18.4. The molecule has 178 valence electrons. The minimum Gasteiger partial charge on any atom is -0.506 e. The summed E-state index contributed by atoms with van der Waals surface area (Å²) in [6.45, 7) is -0.374. The first-order valence-corrected chi connectivity index (χ1v) is 10.1. The molecule has 0 radical (unpaired) electrons. The van der Waals surface area contributed by atoms with Crippen LogP contribution in [0.4, 0.5) is 13.2 Å². The SMILES string of the molecule is COC(=O)Cc1ccc(-c2ccc(OCc3ccc(C(F)(F)F)c(O)c3C(=O)O)cc2)cc1Cl. The molecule has 0 fully saturated rings. The molecule has 0 spiro atoms. The predicted octanol–water partition coefficient (Wildman–Crippen LogP) is 5.72. The number of halogens is 4. The molecular weight excluding hydrogens is 477 g/mol. The summed E-state index contributed by atoms with van der Waals surface area (Å²) in [7, 11) is 1.29. The smallest absolute Gasteiger partial charge is 0.419 e. The van der Waals surface area contributed by atoms with Crippen molar-refractivity contribution in [3.8, 4) is 22.6 Å². The third-order valence-corrected chi connectivity index (χ3v) is 5.33. The van der Waals surface area contributed by atoms with Crippen LogP contribution in [0.2, 0.25) is 5.02 Å². The summed E-state index contributed by atoms with van der Waals surface area (Å²) in [4.78, 5) is 22.9. The van der Waals surface area contributed by atoms with Crippen molar-refractivity contribution in [1.29, 1.82) is 0 Å². The molecule has 0 saturated heterocycles. The van der Waals surface area contributed by atoms with Gasteiger partial charge in [0.15, 0.2) is 0 Å². The number of rotatable bonds is 7. The number of methoxy groups -OCH3 is 1. The van der Waals surface area contributed by atoms with Gasteiger partial charge in [0.05, 0.1) is 19.1 Å².